The molecule has 7 heteroatoms. The first kappa shape index (κ1) is 25.2. The van der Waals surface area contributed by atoms with Crippen molar-refractivity contribution in [1.82, 2.24) is 9.80 Å². The van der Waals surface area contributed by atoms with E-state index >= 15 is 0 Å². The van der Waals surface area contributed by atoms with Crippen LogP contribution in [-0.2, 0) is 14.4 Å². The number of amides is 3. The van der Waals surface area contributed by atoms with E-state index in [1.54, 1.807) is 6.07 Å². The second kappa shape index (κ2) is 10.7. The summed E-state index contributed by atoms with van der Waals surface area (Å²) in [4.78, 5) is 41.7. The van der Waals surface area contributed by atoms with E-state index in [4.69, 9.17) is 0 Å². The molecule has 3 amide bonds. The van der Waals surface area contributed by atoms with Crippen molar-refractivity contribution >= 4 is 29.1 Å². The van der Waals surface area contributed by atoms with Gasteiger partial charge in [0.25, 0.3) is 0 Å². The van der Waals surface area contributed by atoms with Crippen molar-refractivity contribution in [2.75, 3.05) is 36.8 Å². The summed E-state index contributed by atoms with van der Waals surface area (Å²) in [6, 6.07) is 5.77. The Morgan fingerprint density at radius 2 is 1.82 bits per heavy atom. The minimum atomic E-state index is -0.295. The fourth-order valence-corrected chi connectivity index (χ4v) is 5.34. The third-order valence-electron chi connectivity index (χ3n) is 7.41. The first-order valence-corrected chi connectivity index (χ1v) is 12.3. The van der Waals surface area contributed by atoms with Gasteiger partial charge in [-0.25, -0.2) is 0 Å². The summed E-state index contributed by atoms with van der Waals surface area (Å²) < 4.78 is 0. The Labute approximate surface area is 198 Å². The zero-order valence-corrected chi connectivity index (χ0v) is 20.9. The summed E-state index contributed by atoms with van der Waals surface area (Å²) in [5, 5.41) is 5.75. The maximum atomic E-state index is 13.4. The molecule has 1 aromatic rings. The molecular weight excluding hydrogens is 416 g/mol. The van der Waals surface area contributed by atoms with Gasteiger partial charge in [-0.3, -0.25) is 19.3 Å². The zero-order valence-electron chi connectivity index (χ0n) is 20.9. The van der Waals surface area contributed by atoms with Crippen LogP contribution in [0.25, 0.3) is 0 Å². The maximum Gasteiger partial charge on any atom is 0.238 e. The summed E-state index contributed by atoms with van der Waals surface area (Å²) in [6.45, 7) is 12.6. The van der Waals surface area contributed by atoms with Crippen molar-refractivity contribution in [3.63, 3.8) is 0 Å². The highest BCUT2D eigenvalue weighted by Crippen LogP contribution is 2.43. The van der Waals surface area contributed by atoms with Crippen molar-refractivity contribution in [2.45, 2.75) is 72.8 Å². The second-order valence-corrected chi connectivity index (χ2v) is 10.3. The van der Waals surface area contributed by atoms with Crippen molar-refractivity contribution < 1.29 is 14.4 Å². The fraction of sp³-hybridized carbons (Fsp3) is 0.654. The standard InChI is InChI=1S/C26H40N4O3/c1-18(2)30-13-7-6-12-26(5,25(30)33)21-10-14-29(15-11-21)17-24(32)28-22-9-8-19(3)23(16-22)27-20(4)31/h8-9,16,18,21H,6-7,10-15,17H2,1-5H3,(H,27,31)(H,28,32)/t26-/m1/s1. The quantitative estimate of drug-likeness (QED) is 0.677. The number of aryl methyl sites for hydroxylation is 1. The average Bonchev–Trinajstić information content (AvgIpc) is 2.90. The molecule has 2 saturated heterocycles. The number of anilines is 2. The Hall–Kier alpha value is -2.41. The molecule has 0 radical (unpaired) electrons. The summed E-state index contributed by atoms with van der Waals surface area (Å²) >= 11 is 0. The third-order valence-corrected chi connectivity index (χ3v) is 7.41. The lowest BCUT2D eigenvalue weighted by Crippen LogP contribution is -2.50. The van der Waals surface area contributed by atoms with Gasteiger partial charge in [0.05, 0.1) is 6.54 Å². The molecule has 2 aliphatic heterocycles. The number of carbonyl (C=O) groups is 3. The molecule has 0 spiro atoms. The minimum absolute atomic E-state index is 0.0613. The number of piperidine rings is 1. The summed E-state index contributed by atoms with van der Waals surface area (Å²) in [5.74, 6) is 0.483. The largest absolute Gasteiger partial charge is 0.340 e. The zero-order chi connectivity index (χ0) is 24.2. The Kier molecular flexibility index (Phi) is 8.16. The van der Waals surface area contributed by atoms with Crippen LogP contribution in [0.5, 0.6) is 0 Å². The average molecular weight is 457 g/mol. The van der Waals surface area contributed by atoms with Crippen molar-refractivity contribution in [2.24, 2.45) is 11.3 Å². The summed E-state index contributed by atoms with van der Waals surface area (Å²) in [5.41, 5.74) is 2.03. The SMILES string of the molecule is CC(=O)Nc1cc(NC(=O)CN2CCC([C@@]3(C)CCCCN(C(C)C)C3=O)CC2)ccc1C. The van der Waals surface area contributed by atoms with Gasteiger partial charge in [-0.15, -0.1) is 0 Å². The Morgan fingerprint density at radius 1 is 1.12 bits per heavy atom. The van der Waals surface area contributed by atoms with Gasteiger partial charge in [-0.1, -0.05) is 19.4 Å². The van der Waals surface area contributed by atoms with Crippen LogP contribution in [0.4, 0.5) is 11.4 Å². The normalized spacial score (nSPS) is 22.8. The number of likely N-dealkylation sites (tertiary alicyclic amines) is 2. The second-order valence-electron chi connectivity index (χ2n) is 10.3. The highest BCUT2D eigenvalue weighted by Gasteiger charge is 2.45. The van der Waals surface area contributed by atoms with Gasteiger partial charge >= 0.3 is 0 Å². The highest BCUT2D eigenvalue weighted by atomic mass is 16.2. The first-order valence-electron chi connectivity index (χ1n) is 12.3. The fourth-order valence-electron chi connectivity index (χ4n) is 5.34. The van der Waals surface area contributed by atoms with Gasteiger partial charge in [0.1, 0.15) is 0 Å². The van der Waals surface area contributed by atoms with Crippen LogP contribution in [0, 0.1) is 18.3 Å². The topological polar surface area (TPSA) is 81.8 Å². The minimum Gasteiger partial charge on any atom is -0.340 e. The van der Waals surface area contributed by atoms with Crippen LogP contribution in [0.15, 0.2) is 18.2 Å². The molecule has 0 aliphatic carbocycles. The number of carbonyl (C=O) groups excluding carboxylic acids is 3. The van der Waals surface area contributed by atoms with Crippen LogP contribution >= 0.6 is 0 Å². The van der Waals surface area contributed by atoms with Crippen molar-refractivity contribution in [3.8, 4) is 0 Å². The summed E-state index contributed by atoms with van der Waals surface area (Å²) in [7, 11) is 0. The van der Waals surface area contributed by atoms with Gasteiger partial charge in [0.2, 0.25) is 17.7 Å². The van der Waals surface area contributed by atoms with Crippen LogP contribution in [0.1, 0.15) is 65.4 Å². The molecule has 2 N–H and O–H groups in total. The van der Waals surface area contributed by atoms with E-state index in [1.807, 2.05) is 19.1 Å². The van der Waals surface area contributed by atoms with Crippen LogP contribution in [0.3, 0.4) is 0 Å². The van der Waals surface area contributed by atoms with Crippen LogP contribution in [0.2, 0.25) is 0 Å². The lowest BCUT2D eigenvalue weighted by molar-refractivity contribution is -0.147. The molecular formula is C26H40N4O3. The predicted molar refractivity (Wildman–Crippen MR) is 132 cm³/mol. The number of rotatable bonds is 6. The Bertz CT molecular complexity index is 876. The molecule has 2 aliphatic rings. The molecule has 2 fully saturated rings. The van der Waals surface area contributed by atoms with Gasteiger partial charge < -0.3 is 15.5 Å². The van der Waals surface area contributed by atoms with Crippen molar-refractivity contribution in [1.29, 1.82) is 0 Å². The number of hydrogen-bond acceptors (Lipinski definition) is 4. The number of nitrogens with one attached hydrogen (secondary N) is 2. The van der Waals surface area contributed by atoms with Crippen LogP contribution < -0.4 is 10.6 Å². The number of benzene rings is 1. The van der Waals surface area contributed by atoms with E-state index in [-0.39, 0.29) is 23.3 Å². The van der Waals surface area contributed by atoms with E-state index in [2.05, 4.69) is 41.2 Å². The molecule has 1 atom stereocenters. The molecule has 182 valence electrons. The lowest BCUT2D eigenvalue weighted by Gasteiger charge is -2.43. The highest BCUT2D eigenvalue weighted by molar-refractivity contribution is 5.94. The van der Waals surface area contributed by atoms with E-state index in [0.717, 1.165) is 57.3 Å². The van der Waals surface area contributed by atoms with E-state index in [1.165, 1.54) is 6.92 Å². The molecule has 0 saturated carbocycles. The monoisotopic (exact) mass is 456 g/mol. The molecule has 0 aromatic heterocycles. The number of hydrogen-bond donors (Lipinski definition) is 2. The number of nitrogens with zero attached hydrogens (tertiary/aromatic N) is 2. The lowest BCUT2D eigenvalue weighted by atomic mass is 9.69. The van der Waals surface area contributed by atoms with Gasteiger partial charge in [-0.2, -0.15) is 0 Å². The van der Waals surface area contributed by atoms with E-state index < -0.39 is 0 Å². The summed E-state index contributed by atoms with van der Waals surface area (Å²) in [6.07, 6.45) is 5.04. The van der Waals surface area contributed by atoms with Crippen molar-refractivity contribution in [3.05, 3.63) is 23.8 Å². The molecule has 33 heavy (non-hydrogen) atoms. The Morgan fingerprint density at radius 3 is 2.45 bits per heavy atom. The predicted octanol–water partition coefficient (Wildman–Crippen LogP) is 4.03. The molecule has 0 bridgehead atoms. The van der Waals surface area contributed by atoms with Crippen LogP contribution in [-0.4, -0.2) is 59.7 Å². The molecule has 3 rings (SSSR count). The maximum absolute atomic E-state index is 13.4. The molecule has 2 heterocycles. The van der Waals surface area contributed by atoms with E-state index in [0.29, 0.717) is 29.7 Å². The smallest absolute Gasteiger partial charge is 0.238 e. The Balaban J connectivity index is 1.55. The molecule has 7 nitrogen and oxygen atoms in total. The molecule has 0 unspecified atom stereocenters. The first-order chi connectivity index (χ1) is 15.6. The van der Waals surface area contributed by atoms with Gasteiger partial charge in [-0.05, 0) is 83.2 Å². The van der Waals surface area contributed by atoms with Gasteiger partial charge in [0, 0.05) is 36.3 Å². The third kappa shape index (κ3) is 6.14. The molecule has 1 aromatic carbocycles. The van der Waals surface area contributed by atoms with E-state index in [9.17, 15) is 14.4 Å². The van der Waals surface area contributed by atoms with Gasteiger partial charge in [0.15, 0.2) is 0 Å².